The number of hydrogen-bond acceptors (Lipinski definition) is 9. The van der Waals surface area contributed by atoms with E-state index < -0.39 is 5.91 Å². The highest BCUT2D eigenvalue weighted by Gasteiger charge is 2.19. The van der Waals surface area contributed by atoms with Crippen LogP contribution in [0.1, 0.15) is 16.9 Å². The molecule has 0 saturated carbocycles. The predicted octanol–water partition coefficient (Wildman–Crippen LogP) is 1.12. The van der Waals surface area contributed by atoms with Crippen molar-refractivity contribution < 1.29 is 14.3 Å². The molecule has 0 aliphatic carbocycles. The van der Waals surface area contributed by atoms with E-state index in [9.17, 15) is 4.79 Å². The van der Waals surface area contributed by atoms with Crippen molar-refractivity contribution in [3.8, 4) is 17.0 Å². The van der Waals surface area contributed by atoms with Crippen molar-refractivity contribution in [2.24, 2.45) is 0 Å². The Hall–Kier alpha value is -3.70. The first kappa shape index (κ1) is 23.5. The summed E-state index contributed by atoms with van der Waals surface area (Å²) in [6.07, 6.45) is 5.79. The predicted molar refractivity (Wildman–Crippen MR) is 134 cm³/mol. The summed E-state index contributed by atoms with van der Waals surface area (Å²) in [6, 6.07) is 9.38. The van der Waals surface area contributed by atoms with Gasteiger partial charge in [0.2, 0.25) is 0 Å². The van der Waals surface area contributed by atoms with Crippen molar-refractivity contribution in [2.75, 3.05) is 55.4 Å². The third-order valence-corrected chi connectivity index (χ3v) is 5.40. The van der Waals surface area contributed by atoms with Gasteiger partial charge in [-0.15, -0.1) is 0 Å². The lowest BCUT2D eigenvalue weighted by atomic mass is 10.1. The van der Waals surface area contributed by atoms with Crippen LogP contribution in [0.4, 0.5) is 17.2 Å². The Labute approximate surface area is 199 Å². The second-order valence-corrected chi connectivity index (χ2v) is 7.77. The van der Waals surface area contributed by atoms with Gasteiger partial charge >= 0.3 is 0 Å². The second kappa shape index (κ2) is 11.4. The summed E-state index contributed by atoms with van der Waals surface area (Å²) in [4.78, 5) is 28.1. The second-order valence-electron chi connectivity index (χ2n) is 7.77. The van der Waals surface area contributed by atoms with Gasteiger partial charge in [0.1, 0.15) is 5.75 Å². The summed E-state index contributed by atoms with van der Waals surface area (Å²) in [6.45, 7) is 4.27. The number of anilines is 3. The molecular weight excluding hydrogens is 433 g/mol. The van der Waals surface area contributed by atoms with E-state index in [0.717, 1.165) is 43.1 Å². The number of rotatable bonds is 9. The highest BCUT2D eigenvalue weighted by atomic mass is 16.5. The van der Waals surface area contributed by atoms with E-state index in [-0.39, 0.29) is 11.5 Å². The van der Waals surface area contributed by atoms with Crippen LogP contribution in [0.2, 0.25) is 0 Å². The zero-order chi connectivity index (χ0) is 23.8. The zero-order valence-corrected chi connectivity index (χ0v) is 19.2. The first-order valence-electron chi connectivity index (χ1n) is 11.2. The lowest BCUT2D eigenvalue weighted by molar-refractivity contribution is 0.102. The molecule has 176 valence electrons. The first-order chi connectivity index (χ1) is 16.7. The number of amides is 1. The summed E-state index contributed by atoms with van der Waals surface area (Å²) >= 11 is 0. The molecule has 4 N–H and O–H groups in total. The van der Waals surface area contributed by atoms with Crippen molar-refractivity contribution in [3.63, 3.8) is 0 Å². The number of ether oxygens (including phenoxy) is 2. The van der Waals surface area contributed by atoms with Crippen molar-refractivity contribution >= 4 is 31.1 Å². The number of hydrogen-bond donors (Lipinski definition) is 3. The molecule has 11 heteroatoms. The van der Waals surface area contributed by atoms with Crippen LogP contribution in [0.15, 0.2) is 48.9 Å². The third-order valence-electron chi connectivity index (χ3n) is 5.40. The summed E-state index contributed by atoms with van der Waals surface area (Å²) < 4.78 is 11.2. The highest BCUT2D eigenvalue weighted by Crippen LogP contribution is 2.27. The number of morpholine rings is 1. The minimum atomic E-state index is -0.446. The van der Waals surface area contributed by atoms with E-state index in [2.05, 4.69) is 30.4 Å². The number of pyridine rings is 1. The Morgan fingerprint density at radius 2 is 1.97 bits per heavy atom. The molecular formula is C23H28BN7O3. The van der Waals surface area contributed by atoms with E-state index in [1.807, 2.05) is 38.3 Å². The van der Waals surface area contributed by atoms with Crippen LogP contribution in [0, 0.1) is 0 Å². The molecule has 0 spiro atoms. The molecule has 1 aromatic carbocycles. The van der Waals surface area contributed by atoms with Crippen molar-refractivity contribution in [3.05, 3.63) is 54.6 Å². The van der Waals surface area contributed by atoms with Crippen LogP contribution < -0.4 is 25.9 Å². The fourth-order valence-corrected chi connectivity index (χ4v) is 3.61. The summed E-state index contributed by atoms with van der Waals surface area (Å²) in [5.74, 6) is 0.384. The number of carbonyl (C=O) groups excluding carboxylic acids is 1. The number of nitrogens with zero attached hydrogens (tertiary/aromatic N) is 4. The maximum absolute atomic E-state index is 13.1. The quantitative estimate of drug-likeness (QED) is 0.317. The molecule has 1 saturated heterocycles. The van der Waals surface area contributed by atoms with Gasteiger partial charge in [-0.25, -0.2) is 9.97 Å². The van der Waals surface area contributed by atoms with E-state index in [1.54, 1.807) is 18.6 Å². The van der Waals surface area contributed by atoms with Crippen LogP contribution in [-0.4, -0.2) is 68.3 Å². The average Bonchev–Trinajstić information content (AvgIpc) is 2.88. The molecule has 0 bridgehead atoms. The molecule has 0 atom stereocenters. The molecule has 0 unspecified atom stereocenters. The molecule has 3 heterocycles. The number of carbonyl (C=O) groups is 1. The monoisotopic (exact) mass is 461 g/mol. The number of benzene rings is 1. The fourth-order valence-electron chi connectivity index (χ4n) is 3.61. The van der Waals surface area contributed by atoms with Gasteiger partial charge in [0.05, 0.1) is 49.3 Å². The van der Waals surface area contributed by atoms with E-state index in [0.29, 0.717) is 31.2 Å². The standard InChI is InChI=1S/C23H28BN7O3/c24-28-7-1-11-34-17-4-2-16(3-5-17)18-15-27-22(25)21(29-18)23(32)30-19-14-26-8-6-20(19)31-9-12-33-13-10-31/h2-6,8,14-15,28H,1,7,9-13,24H2,(H2,25,27)(H,30,32). The highest BCUT2D eigenvalue weighted by molar-refractivity contribution is 6.07. The largest absolute Gasteiger partial charge is 0.494 e. The smallest absolute Gasteiger partial charge is 0.278 e. The minimum absolute atomic E-state index is 0.0571. The molecule has 34 heavy (non-hydrogen) atoms. The van der Waals surface area contributed by atoms with Gasteiger partial charge in [0.15, 0.2) is 19.5 Å². The van der Waals surface area contributed by atoms with Crippen LogP contribution >= 0.6 is 0 Å². The Kier molecular flexibility index (Phi) is 7.89. The average molecular weight is 461 g/mol. The van der Waals surface area contributed by atoms with Gasteiger partial charge in [-0.3, -0.25) is 9.78 Å². The van der Waals surface area contributed by atoms with Crippen molar-refractivity contribution in [1.82, 2.24) is 20.2 Å². The molecule has 1 fully saturated rings. The van der Waals surface area contributed by atoms with Crippen LogP contribution in [0.5, 0.6) is 5.75 Å². The number of nitrogens with one attached hydrogen (secondary N) is 2. The molecule has 1 aliphatic heterocycles. The van der Waals surface area contributed by atoms with E-state index >= 15 is 0 Å². The summed E-state index contributed by atoms with van der Waals surface area (Å²) in [7, 11) is 1.91. The third kappa shape index (κ3) is 5.80. The number of nitrogen functional groups attached to an aromatic ring is 1. The molecule has 1 aliphatic rings. The van der Waals surface area contributed by atoms with Gasteiger partial charge in [0.25, 0.3) is 5.91 Å². The fraction of sp³-hybridized carbons (Fsp3) is 0.304. The van der Waals surface area contributed by atoms with E-state index in [4.69, 9.17) is 15.2 Å². The maximum atomic E-state index is 13.1. The van der Waals surface area contributed by atoms with Gasteiger partial charge in [-0.2, -0.15) is 0 Å². The van der Waals surface area contributed by atoms with Crippen molar-refractivity contribution in [1.29, 1.82) is 0 Å². The lowest BCUT2D eigenvalue weighted by Gasteiger charge is -2.30. The molecule has 0 radical (unpaired) electrons. The molecule has 10 nitrogen and oxygen atoms in total. The summed E-state index contributed by atoms with van der Waals surface area (Å²) in [5.41, 5.74) is 8.87. The Morgan fingerprint density at radius 1 is 1.18 bits per heavy atom. The van der Waals surface area contributed by atoms with Crippen LogP contribution in [-0.2, 0) is 4.74 Å². The Balaban J connectivity index is 1.49. The van der Waals surface area contributed by atoms with Crippen LogP contribution in [0.25, 0.3) is 11.3 Å². The number of nitrogens with two attached hydrogens (primary N) is 1. The normalized spacial score (nSPS) is 13.5. The topological polar surface area (TPSA) is 128 Å². The lowest BCUT2D eigenvalue weighted by Crippen LogP contribution is -2.36. The van der Waals surface area contributed by atoms with Crippen LogP contribution in [0.3, 0.4) is 0 Å². The summed E-state index contributed by atoms with van der Waals surface area (Å²) in [5, 5.41) is 5.98. The molecule has 3 aromatic rings. The Bertz CT molecular complexity index is 1110. The molecule has 1 amide bonds. The Morgan fingerprint density at radius 3 is 2.74 bits per heavy atom. The zero-order valence-electron chi connectivity index (χ0n) is 19.2. The van der Waals surface area contributed by atoms with E-state index in [1.165, 1.54) is 0 Å². The minimum Gasteiger partial charge on any atom is -0.494 e. The molecule has 2 aromatic heterocycles. The van der Waals surface area contributed by atoms with Gasteiger partial charge in [-0.05, 0) is 43.3 Å². The van der Waals surface area contributed by atoms with Gasteiger partial charge in [0, 0.05) is 24.8 Å². The number of aromatic nitrogens is 3. The van der Waals surface area contributed by atoms with Gasteiger partial charge in [-0.1, -0.05) is 0 Å². The molecule has 4 rings (SSSR count). The SMILES string of the molecule is BNCCCOc1ccc(-c2cnc(N)c(C(=O)Nc3cnccc3N3CCOCC3)n2)cc1. The van der Waals surface area contributed by atoms with Gasteiger partial charge < -0.3 is 30.7 Å². The first-order valence-corrected chi connectivity index (χ1v) is 11.2. The van der Waals surface area contributed by atoms with Crippen molar-refractivity contribution in [2.45, 2.75) is 6.42 Å². The maximum Gasteiger partial charge on any atom is 0.278 e.